The molecule has 0 aromatic heterocycles. The van der Waals surface area contributed by atoms with Gasteiger partial charge in [-0.2, -0.15) is 0 Å². The lowest BCUT2D eigenvalue weighted by Crippen LogP contribution is -2.47. The molecule has 0 saturated heterocycles. The minimum Gasteiger partial charge on any atom is -0.467 e. The minimum absolute atomic E-state index is 0. The van der Waals surface area contributed by atoms with Crippen molar-refractivity contribution >= 4 is 47.4 Å². The molecule has 2 atom stereocenters. The summed E-state index contributed by atoms with van der Waals surface area (Å²) in [5.41, 5.74) is 1.86. The van der Waals surface area contributed by atoms with Crippen LogP contribution in [0.15, 0.2) is 24.3 Å². The summed E-state index contributed by atoms with van der Waals surface area (Å²) < 4.78 is 6.06. The van der Waals surface area contributed by atoms with Crippen LogP contribution in [0.25, 0.3) is 0 Å². The van der Waals surface area contributed by atoms with E-state index < -0.39 is 12.0 Å². The number of benzene rings is 1. The molecule has 0 amide bonds. The highest BCUT2D eigenvalue weighted by molar-refractivity contribution is 6.31. The van der Waals surface area contributed by atoms with Crippen molar-refractivity contribution in [2.45, 2.75) is 17.8 Å². The van der Waals surface area contributed by atoms with Gasteiger partial charge in [-0.1, -0.05) is 18.2 Å². The smallest absolute Gasteiger partial charge is 0.331 e. The highest BCUT2D eigenvalue weighted by Gasteiger charge is 2.38. The Bertz CT molecular complexity index is 413. The van der Waals surface area contributed by atoms with Gasteiger partial charge in [0.05, 0.1) is 18.2 Å². The third kappa shape index (κ3) is 2.62. The van der Waals surface area contributed by atoms with Crippen LogP contribution in [-0.4, -0.2) is 24.5 Å². The molecule has 0 radical (unpaired) electrons. The second-order valence-electron chi connectivity index (χ2n) is 3.63. The Labute approximate surface area is 116 Å². The number of hydrogen-bond donors (Lipinski definition) is 0. The Balaban J connectivity index is 0.00000144. The molecule has 1 aliphatic heterocycles. The number of carbonyl (C=O) groups is 1. The zero-order chi connectivity index (χ0) is 11.7. The molecule has 0 saturated carbocycles. The molecule has 1 heterocycles. The molecule has 6 heteroatoms. The standard InChI is InChI=1S/C11H11Cl2NO2.ClH/c1-16-11(15)10-8(12)6-7-4-2-3-5-9(7)14(10)13;/h2-5,8,10H,6H2,1H3;1H. The van der Waals surface area contributed by atoms with Gasteiger partial charge >= 0.3 is 5.97 Å². The number of methoxy groups -OCH3 is 1. The number of carbonyl (C=O) groups excluding carboxylic acids is 1. The summed E-state index contributed by atoms with van der Waals surface area (Å²) in [6, 6.07) is 6.97. The van der Waals surface area contributed by atoms with Crippen molar-refractivity contribution in [1.29, 1.82) is 0 Å². The van der Waals surface area contributed by atoms with Crippen LogP contribution >= 0.6 is 35.8 Å². The molecule has 2 unspecified atom stereocenters. The SMILES string of the molecule is COC(=O)C1C(Cl)Cc2ccccc2N1Cl.Cl. The molecule has 0 spiro atoms. The van der Waals surface area contributed by atoms with Crippen LogP contribution in [0.1, 0.15) is 5.56 Å². The molecule has 17 heavy (non-hydrogen) atoms. The third-order valence-corrected chi connectivity index (χ3v) is 3.45. The number of nitrogens with zero attached hydrogens (tertiary/aromatic N) is 1. The number of esters is 1. The van der Waals surface area contributed by atoms with Crippen LogP contribution in [0.3, 0.4) is 0 Å². The summed E-state index contributed by atoms with van der Waals surface area (Å²) in [4.78, 5) is 11.6. The number of hydrogen-bond acceptors (Lipinski definition) is 3. The molecule has 1 aromatic carbocycles. The van der Waals surface area contributed by atoms with E-state index >= 15 is 0 Å². The number of halogens is 3. The molecule has 0 N–H and O–H groups in total. The van der Waals surface area contributed by atoms with E-state index in [9.17, 15) is 4.79 Å². The largest absolute Gasteiger partial charge is 0.467 e. The molecule has 94 valence electrons. The van der Waals surface area contributed by atoms with Gasteiger partial charge in [0.1, 0.15) is 0 Å². The fourth-order valence-electron chi connectivity index (χ4n) is 1.87. The zero-order valence-electron chi connectivity index (χ0n) is 9.10. The van der Waals surface area contributed by atoms with E-state index in [1.165, 1.54) is 11.5 Å². The van der Waals surface area contributed by atoms with E-state index in [1.54, 1.807) is 0 Å². The van der Waals surface area contributed by atoms with E-state index in [0.29, 0.717) is 6.42 Å². The zero-order valence-corrected chi connectivity index (χ0v) is 11.4. The molecular weight excluding hydrogens is 284 g/mol. The first-order valence-corrected chi connectivity index (χ1v) is 5.67. The highest BCUT2D eigenvalue weighted by Crippen LogP contribution is 2.34. The van der Waals surface area contributed by atoms with Crippen molar-refractivity contribution < 1.29 is 9.53 Å². The quantitative estimate of drug-likeness (QED) is 0.453. The van der Waals surface area contributed by atoms with E-state index in [4.69, 9.17) is 28.1 Å². The predicted molar refractivity (Wildman–Crippen MR) is 71.2 cm³/mol. The molecule has 0 aliphatic carbocycles. The molecule has 1 aromatic rings. The van der Waals surface area contributed by atoms with Gasteiger partial charge in [-0.25, -0.2) is 4.79 Å². The van der Waals surface area contributed by atoms with Crippen LogP contribution in [-0.2, 0) is 16.0 Å². The first kappa shape index (κ1) is 14.4. The topological polar surface area (TPSA) is 29.5 Å². The Hall–Kier alpha value is -0.640. The van der Waals surface area contributed by atoms with Gasteiger partial charge in [-0.3, -0.25) is 4.42 Å². The maximum Gasteiger partial charge on any atom is 0.331 e. The summed E-state index contributed by atoms with van der Waals surface area (Å²) in [5.74, 6) is -0.412. The average Bonchev–Trinajstić information content (AvgIpc) is 2.28. The molecular formula is C11H12Cl3NO2. The lowest BCUT2D eigenvalue weighted by Gasteiger charge is -2.34. The van der Waals surface area contributed by atoms with Crippen LogP contribution in [0.2, 0.25) is 0 Å². The van der Waals surface area contributed by atoms with Crippen molar-refractivity contribution in [1.82, 2.24) is 0 Å². The maximum absolute atomic E-state index is 11.6. The average molecular weight is 297 g/mol. The van der Waals surface area contributed by atoms with Gasteiger partial charge in [0.2, 0.25) is 0 Å². The van der Waals surface area contributed by atoms with E-state index in [-0.39, 0.29) is 17.8 Å². The minimum atomic E-state index is -0.636. The number of ether oxygens (including phenoxy) is 1. The van der Waals surface area contributed by atoms with Crippen LogP contribution in [0.5, 0.6) is 0 Å². The van der Waals surface area contributed by atoms with Gasteiger partial charge in [0.25, 0.3) is 0 Å². The van der Waals surface area contributed by atoms with Crippen LogP contribution in [0, 0.1) is 0 Å². The van der Waals surface area contributed by atoms with Gasteiger partial charge < -0.3 is 4.74 Å². The summed E-state index contributed by atoms with van der Waals surface area (Å²) in [6.07, 6.45) is 0.612. The Morgan fingerprint density at radius 2 is 2.12 bits per heavy atom. The normalized spacial score (nSPS) is 22.4. The van der Waals surface area contributed by atoms with E-state index in [2.05, 4.69) is 0 Å². The number of anilines is 1. The summed E-state index contributed by atoms with van der Waals surface area (Å²) in [6.45, 7) is 0. The fourth-order valence-corrected chi connectivity index (χ4v) is 2.69. The van der Waals surface area contributed by atoms with Crippen molar-refractivity contribution in [2.24, 2.45) is 0 Å². The number of rotatable bonds is 1. The molecule has 2 rings (SSSR count). The monoisotopic (exact) mass is 295 g/mol. The Kier molecular flexibility index (Phi) is 4.92. The number of para-hydroxylation sites is 1. The fraction of sp³-hybridized carbons (Fsp3) is 0.364. The van der Waals surface area contributed by atoms with Crippen LogP contribution < -0.4 is 4.42 Å². The predicted octanol–water partition coefficient (Wildman–Crippen LogP) is 2.77. The number of fused-ring (bicyclic) bond motifs is 1. The third-order valence-electron chi connectivity index (χ3n) is 2.67. The molecule has 3 nitrogen and oxygen atoms in total. The highest BCUT2D eigenvalue weighted by atomic mass is 35.5. The van der Waals surface area contributed by atoms with Crippen molar-refractivity contribution in [3.05, 3.63) is 29.8 Å². The molecule has 1 aliphatic rings. The lowest BCUT2D eigenvalue weighted by molar-refractivity contribution is -0.142. The maximum atomic E-state index is 11.6. The van der Waals surface area contributed by atoms with E-state index in [0.717, 1.165) is 11.3 Å². The summed E-state index contributed by atoms with van der Waals surface area (Å²) in [5, 5.41) is -0.375. The van der Waals surface area contributed by atoms with E-state index in [1.807, 2.05) is 24.3 Å². The van der Waals surface area contributed by atoms with Gasteiger partial charge in [0, 0.05) is 11.8 Å². The first-order valence-electron chi connectivity index (χ1n) is 4.90. The van der Waals surface area contributed by atoms with Gasteiger partial charge in [0.15, 0.2) is 6.04 Å². The van der Waals surface area contributed by atoms with Crippen LogP contribution in [0.4, 0.5) is 5.69 Å². The second kappa shape index (κ2) is 5.80. The Morgan fingerprint density at radius 3 is 2.76 bits per heavy atom. The molecule has 0 bridgehead atoms. The van der Waals surface area contributed by atoms with Gasteiger partial charge in [-0.05, 0) is 18.1 Å². The molecule has 0 fully saturated rings. The van der Waals surface area contributed by atoms with Crippen molar-refractivity contribution in [3.8, 4) is 0 Å². The van der Waals surface area contributed by atoms with Crippen molar-refractivity contribution in [2.75, 3.05) is 11.5 Å². The lowest BCUT2D eigenvalue weighted by atomic mass is 9.97. The summed E-state index contributed by atoms with van der Waals surface area (Å²) in [7, 11) is 1.33. The Morgan fingerprint density at radius 1 is 1.47 bits per heavy atom. The second-order valence-corrected chi connectivity index (χ2v) is 4.55. The first-order chi connectivity index (χ1) is 7.65. The van der Waals surface area contributed by atoms with Gasteiger partial charge in [-0.15, -0.1) is 24.0 Å². The summed E-state index contributed by atoms with van der Waals surface area (Å²) >= 11 is 12.3. The number of alkyl halides is 1. The van der Waals surface area contributed by atoms with Crippen molar-refractivity contribution in [3.63, 3.8) is 0 Å².